The first-order valence-electron chi connectivity index (χ1n) is 21.8. The molecule has 0 radical (unpaired) electrons. The Hall–Kier alpha value is -5.91. The van der Waals surface area contributed by atoms with Crippen LogP contribution in [0.1, 0.15) is 127 Å². The number of pyridine rings is 1. The number of aromatic nitrogens is 4. The van der Waals surface area contributed by atoms with E-state index in [2.05, 4.69) is 127 Å². The van der Waals surface area contributed by atoms with Gasteiger partial charge in [-0.25, -0.2) is 4.98 Å². The predicted octanol–water partition coefficient (Wildman–Crippen LogP) is 13.3. The SMILES string of the molecule is CC(=O)N1CCC(Nc2cc(C(C)C)ccn2)CC1.CC(C)c1ccc(-c2ccccc2)cc1.CC(C)c1ccc(OC(F)(F)F)cc1.Cc1nn(C)cc1-c1cc(C(C)C)no1. The van der Waals surface area contributed by atoms with Crippen LogP contribution in [0.25, 0.3) is 22.5 Å². The Bertz CT molecular complexity index is 2260. The smallest absolute Gasteiger partial charge is 0.406 e. The van der Waals surface area contributed by atoms with E-state index in [0.29, 0.717) is 29.7 Å². The molecule has 7 rings (SSSR count). The number of alkyl halides is 3. The van der Waals surface area contributed by atoms with Gasteiger partial charge < -0.3 is 19.5 Å². The van der Waals surface area contributed by atoms with Crippen LogP contribution >= 0.6 is 0 Å². The fourth-order valence-corrected chi connectivity index (χ4v) is 6.71. The fraction of sp³-hybridized carbons (Fsp3) is 0.412. The van der Waals surface area contributed by atoms with E-state index < -0.39 is 6.36 Å². The van der Waals surface area contributed by atoms with Crippen LogP contribution in [0.3, 0.4) is 0 Å². The molecule has 3 aromatic carbocycles. The van der Waals surface area contributed by atoms with Crippen LogP contribution in [0.15, 0.2) is 114 Å². The maximum Gasteiger partial charge on any atom is 0.573 e. The van der Waals surface area contributed by atoms with Crippen molar-refractivity contribution in [2.45, 2.75) is 118 Å². The lowest BCUT2D eigenvalue weighted by molar-refractivity contribution is -0.274. The maximum absolute atomic E-state index is 11.8. The average Bonchev–Trinajstić information content (AvgIpc) is 3.88. The molecule has 1 aliphatic heterocycles. The van der Waals surface area contributed by atoms with Crippen LogP contribution in [-0.4, -0.2) is 56.2 Å². The zero-order valence-electron chi connectivity index (χ0n) is 38.7. The molecule has 1 N–H and O–H groups in total. The number of carbonyl (C=O) groups is 1. The van der Waals surface area contributed by atoms with E-state index >= 15 is 0 Å². The predicted molar refractivity (Wildman–Crippen MR) is 248 cm³/mol. The number of hydrogen-bond donors (Lipinski definition) is 1. The lowest BCUT2D eigenvalue weighted by Crippen LogP contribution is -2.41. The highest BCUT2D eigenvalue weighted by atomic mass is 19.4. The van der Waals surface area contributed by atoms with Gasteiger partial charge in [0.1, 0.15) is 11.6 Å². The molecule has 3 aromatic heterocycles. The van der Waals surface area contributed by atoms with Gasteiger partial charge in [-0.1, -0.05) is 127 Å². The Morgan fingerprint density at radius 1 is 0.762 bits per heavy atom. The van der Waals surface area contributed by atoms with Gasteiger partial charge in [-0.3, -0.25) is 9.48 Å². The Labute approximate surface area is 372 Å². The van der Waals surface area contributed by atoms with Crippen molar-refractivity contribution in [1.29, 1.82) is 0 Å². The lowest BCUT2D eigenvalue weighted by atomic mass is 9.99. The lowest BCUT2D eigenvalue weighted by Gasteiger charge is -2.32. The molecular weight excluding hydrogens is 802 g/mol. The molecule has 12 heteroatoms. The number of likely N-dealkylation sites (tertiary alicyclic amines) is 1. The van der Waals surface area contributed by atoms with Gasteiger partial charge in [0.05, 0.1) is 17.0 Å². The number of rotatable bonds is 9. The number of benzene rings is 3. The van der Waals surface area contributed by atoms with E-state index in [0.717, 1.165) is 60.0 Å². The monoisotopic (exact) mass is 867 g/mol. The summed E-state index contributed by atoms with van der Waals surface area (Å²) in [5.41, 5.74) is 9.22. The van der Waals surface area contributed by atoms with Crippen LogP contribution in [-0.2, 0) is 11.8 Å². The highest BCUT2D eigenvalue weighted by molar-refractivity contribution is 5.73. The number of nitrogens with one attached hydrogen (secondary N) is 1. The third-order valence-electron chi connectivity index (χ3n) is 10.6. The molecule has 0 atom stereocenters. The summed E-state index contributed by atoms with van der Waals surface area (Å²) in [7, 11) is 1.90. The first-order valence-corrected chi connectivity index (χ1v) is 21.8. The van der Waals surface area contributed by atoms with Crippen LogP contribution in [0.2, 0.25) is 0 Å². The minimum Gasteiger partial charge on any atom is -0.406 e. The fourth-order valence-electron chi connectivity index (χ4n) is 6.71. The van der Waals surface area contributed by atoms with Crippen LogP contribution in [0.5, 0.6) is 5.75 Å². The summed E-state index contributed by atoms with van der Waals surface area (Å²) in [4.78, 5) is 17.6. The number of nitrogens with zero attached hydrogens (tertiary/aromatic N) is 5. The van der Waals surface area contributed by atoms with Gasteiger partial charge in [-0.15, -0.1) is 13.2 Å². The highest BCUT2D eigenvalue weighted by Crippen LogP contribution is 2.27. The van der Waals surface area contributed by atoms with Gasteiger partial charge in [-0.05, 0) is 95.5 Å². The Morgan fingerprint density at radius 3 is 1.79 bits per heavy atom. The molecule has 0 spiro atoms. The standard InChI is InChI=1S/C15H23N3O.C15H16.C11H15N3O.C10H11F3O/c1-11(2)13-4-7-16-15(10-13)17-14-5-8-18(9-6-14)12(3)19;1-12(2)13-8-10-15(11-9-13)14-6-4-3-5-7-14;1-7(2)10-5-11(15-13-10)9-6-14(4)12-8(9)3;1-7(2)8-3-5-9(6-4-8)14-10(11,12)13/h4,7,10-11,14H,5-6,8-9H2,1-3H3,(H,16,17);3-12H,1-2H3;5-7H,1-4H3;3-7H,1-2H3. The molecule has 1 aliphatic rings. The molecule has 9 nitrogen and oxygen atoms in total. The Balaban J connectivity index is 0.000000186. The van der Waals surface area contributed by atoms with E-state index in [9.17, 15) is 18.0 Å². The molecule has 0 unspecified atom stereocenters. The number of amides is 1. The number of aryl methyl sites for hydroxylation is 2. The van der Waals surface area contributed by atoms with Gasteiger partial charge in [-0.2, -0.15) is 5.10 Å². The van der Waals surface area contributed by atoms with Crippen LogP contribution in [0.4, 0.5) is 19.0 Å². The largest absolute Gasteiger partial charge is 0.573 e. The topological polar surface area (TPSA) is 98.3 Å². The molecule has 338 valence electrons. The second-order valence-electron chi connectivity index (χ2n) is 17.0. The number of halogens is 3. The first kappa shape index (κ1) is 49.7. The minimum absolute atomic E-state index is 0.179. The summed E-state index contributed by atoms with van der Waals surface area (Å²) >= 11 is 0. The Morgan fingerprint density at radius 2 is 1.32 bits per heavy atom. The van der Waals surface area contributed by atoms with Crippen molar-refractivity contribution in [3.63, 3.8) is 0 Å². The van der Waals surface area contributed by atoms with E-state index in [1.807, 2.05) is 57.2 Å². The molecule has 0 saturated carbocycles. The van der Waals surface area contributed by atoms with Crippen LogP contribution in [0, 0.1) is 6.92 Å². The maximum atomic E-state index is 11.8. The number of carbonyl (C=O) groups excluding carboxylic acids is 1. The molecule has 0 aliphatic carbocycles. The Kier molecular flexibility index (Phi) is 18.6. The first-order chi connectivity index (χ1) is 29.8. The van der Waals surface area contributed by atoms with Gasteiger partial charge in [0.15, 0.2) is 5.76 Å². The van der Waals surface area contributed by atoms with Crippen molar-refractivity contribution in [2.75, 3.05) is 18.4 Å². The van der Waals surface area contributed by atoms with E-state index in [1.165, 1.54) is 34.4 Å². The molecule has 4 heterocycles. The highest BCUT2D eigenvalue weighted by Gasteiger charge is 2.31. The second-order valence-corrected chi connectivity index (χ2v) is 17.0. The third-order valence-corrected chi connectivity index (χ3v) is 10.6. The molecule has 63 heavy (non-hydrogen) atoms. The average molecular weight is 867 g/mol. The van der Waals surface area contributed by atoms with Crippen molar-refractivity contribution >= 4 is 11.7 Å². The summed E-state index contributed by atoms with van der Waals surface area (Å²) in [6.45, 7) is 22.2. The van der Waals surface area contributed by atoms with Gasteiger partial charge in [0.25, 0.3) is 0 Å². The van der Waals surface area contributed by atoms with E-state index in [4.69, 9.17) is 4.52 Å². The van der Waals surface area contributed by atoms with Gasteiger partial charge in [0.2, 0.25) is 5.91 Å². The van der Waals surface area contributed by atoms with Gasteiger partial charge >= 0.3 is 6.36 Å². The minimum atomic E-state index is -4.61. The molecule has 1 fully saturated rings. The van der Waals surface area contributed by atoms with Crippen molar-refractivity contribution < 1.29 is 27.2 Å². The molecule has 1 saturated heterocycles. The quantitative estimate of drug-likeness (QED) is 0.155. The summed E-state index contributed by atoms with van der Waals surface area (Å²) in [5, 5.41) is 11.8. The zero-order chi connectivity index (χ0) is 46.3. The normalized spacial score (nSPS) is 12.9. The number of piperidine rings is 1. The van der Waals surface area contributed by atoms with Crippen molar-refractivity contribution in [3.8, 4) is 28.2 Å². The van der Waals surface area contributed by atoms with Crippen molar-refractivity contribution in [3.05, 3.63) is 138 Å². The summed E-state index contributed by atoms with van der Waals surface area (Å²) < 4.78 is 46.2. The molecule has 0 bridgehead atoms. The van der Waals surface area contributed by atoms with Crippen molar-refractivity contribution in [1.82, 2.24) is 24.8 Å². The summed E-state index contributed by atoms with van der Waals surface area (Å²) in [6, 6.07) is 31.8. The second kappa shape index (κ2) is 23.5. The number of anilines is 1. The van der Waals surface area contributed by atoms with E-state index in [-0.39, 0.29) is 11.7 Å². The van der Waals surface area contributed by atoms with Gasteiger partial charge in [0, 0.05) is 51.6 Å². The molecule has 1 amide bonds. The van der Waals surface area contributed by atoms with Crippen LogP contribution < -0.4 is 10.1 Å². The molecular formula is C51H65F3N6O3. The van der Waals surface area contributed by atoms with E-state index in [1.54, 1.807) is 23.7 Å². The number of ether oxygens (including phenoxy) is 1. The summed E-state index contributed by atoms with van der Waals surface area (Å²) in [5.74, 6) is 3.56. The third kappa shape index (κ3) is 16.4. The molecule has 6 aromatic rings. The number of hydrogen-bond acceptors (Lipinski definition) is 7. The zero-order valence-corrected chi connectivity index (χ0v) is 38.7. The summed E-state index contributed by atoms with van der Waals surface area (Å²) in [6.07, 6.45) is 1.18. The van der Waals surface area contributed by atoms with Crippen molar-refractivity contribution in [2.24, 2.45) is 7.05 Å².